The fourth-order valence-electron chi connectivity index (χ4n) is 2.80. The Morgan fingerprint density at radius 2 is 2.00 bits per heavy atom. The summed E-state index contributed by atoms with van der Waals surface area (Å²) in [5.74, 6) is 1.16. The number of hydrogen-bond donors (Lipinski definition) is 0. The van der Waals surface area contributed by atoms with Crippen molar-refractivity contribution in [2.45, 2.75) is 39.2 Å². The molecule has 2 rings (SSSR count). The van der Waals surface area contributed by atoms with Crippen LogP contribution in [0.15, 0.2) is 24.3 Å². The minimum absolute atomic E-state index is 0.169. The van der Waals surface area contributed by atoms with E-state index in [1.807, 2.05) is 25.1 Å². The molecule has 19 heavy (non-hydrogen) atoms. The standard InChI is InChI=1S/C16H23NO2/c1-3-19-16-9-5-4-8-14(16)15(12-13(2)18)17-10-6-7-11-17/h4-5,8-9,15H,3,6-7,10-12H2,1-2H3. The number of hydrogen-bond acceptors (Lipinski definition) is 3. The quantitative estimate of drug-likeness (QED) is 0.787. The average molecular weight is 261 g/mol. The SMILES string of the molecule is CCOc1ccccc1C(CC(C)=O)N1CCCC1. The lowest BCUT2D eigenvalue weighted by Gasteiger charge is -2.28. The van der Waals surface area contributed by atoms with Crippen LogP contribution in [-0.2, 0) is 4.79 Å². The van der Waals surface area contributed by atoms with Crippen molar-refractivity contribution in [3.8, 4) is 5.75 Å². The van der Waals surface area contributed by atoms with Crippen LogP contribution >= 0.6 is 0 Å². The molecule has 104 valence electrons. The van der Waals surface area contributed by atoms with E-state index in [1.165, 1.54) is 12.8 Å². The number of nitrogens with zero attached hydrogens (tertiary/aromatic N) is 1. The molecule has 0 aromatic heterocycles. The molecule has 3 heteroatoms. The third-order valence-electron chi connectivity index (χ3n) is 3.64. The van der Waals surface area contributed by atoms with Crippen LogP contribution in [0.25, 0.3) is 0 Å². The van der Waals surface area contributed by atoms with Gasteiger partial charge in [-0.2, -0.15) is 0 Å². The molecule has 1 aromatic rings. The molecule has 3 nitrogen and oxygen atoms in total. The molecule has 1 atom stereocenters. The molecular weight excluding hydrogens is 238 g/mol. The fraction of sp³-hybridized carbons (Fsp3) is 0.562. The molecule has 1 aliphatic rings. The van der Waals surface area contributed by atoms with Crippen LogP contribution in [0.5, 0.6) is 5.75 Å². The van der Waals surface area contributed by atoms with Gasteiger partial charge >= 0.3 is 0 Å². The number of rotatable bonds is 6. The number of likely N-dealkylation sites (tertiary alicyclic amines) is 1. The first-order valence-electron chi connectivity index (χ1n) is 7.17. The largest absolute Gasteiger partial charge is 0.494 e. The van der Waals surface area contributed by atoms with Crippen LogP contribution in [0.4, 0.5) is 0 Å². The maximum absolute atomic E-state index is 11.6. The molecule has 1 aliphatic heterocycles. The minimum atomic E-state index is 0.169. The molecule has 0 aliphatic carbocycles. The van der Waals surface area contributed by atoms with Gasteiger partial charge in [-0.05, 0) is 45.8 Å². The number of para-hydroxylation sites is 1. The Hall–Kier alpha value is -1.35. The number of carbonyl (C=O) groups is 1. The molecule has 1 fully saturated rings. The van der Waals surface area contributed by atoms with Gasteiger partial charge in [0.25, 0.3) is 0 Å². The molecule has 0 saturated carbocycles. The maximum Gasteiger partial charge on any atom is 0.131 e. The van der Waals surface area contributed by atoms with E-state index in [9.17, 15) is 4.79 Å². The molecule has 1 aromatic carbocycles. The Morgan fingerprint density at radius 1 is 1.32 bits per heavy atom. The Labute approximate surface area is 115 Å². The lowest BCUT2D eigenvalue weighted by atomic mass is 9.99. The van der Waals surface area contributed by atoms with E-state index in [2.05, 4.69) is 11.0 Å². The van der Waals surface area contributed by atoms with E-state index in [0.717, 1.165) is 24.4 Å². The van der Waals surface area contributed by atoms with Crippen LogP contribution in [0, 0.1) is 0 Å². The topological polar surface area (TPSA) is 29.5 Å². The van der Waals surface area contributed by atoms with Crippen LogP contribution in [0.3, 0.4) is 0 Å². The van der Waals surface area contributed by atoms with Crippen molar-refractivity contribution >= 4 is 5.78 Å². The summed E-state index contributed by atoms with van der Waals surface area (Å²) in [5, 5.41) is 0. The van der Waals surface area contributed by atoms with Crippen LogP contribution in [-0.4, -0.2) is 30.4 Å². The molecule has 0 bridgehead atoms. The smallest absolute Gasteiger partial charge is 0.131 e. The summed E-state index contributed by atoms with van der Waals surface area (Å²) < 4.78 is 5.72. The van der Waals surface area contributed by atoms with Crippen molar-refractivity contribution in [3.63, 3.8) is 0 Å². The van der Waals surface area contributed by atoms with Crippen molar-refractivity contribution in [1.82, 2.24) is 4.90 Å². The second-order valence-corrected chi connectivity index (χ2v) is 5.14. The molecule has 1 heterocycles. The second kappa shape index (κ2) is 6.71. The van der Waals surface area contributed by atoms with Gasteiger partial charge in [-0.25, -0.2) is 0 Å². The zero-order valence-corrected chi connectivity index (χ0v) is 11.9. The lowest BCUT2D eigenvalue weighted by Crippen LogP contribution is -2.27. The van der Waals surface area contributed by atoms with Crippen molar-refractivity contribution < 1.29 is 9.53 Å². The molecule has 0 N–H and O–H groups in total. The predicted molar refractivity (Wildman–Crippen MR) is 76.5 cm³/mol. The minimum Gasteiger partial charge on any atom is -0.494 e. The normalized spacial score (nSPS) is 17.4. The Morgan fingerprint density at radius 3 is 2.63 bits per heavy atom. The van der Waals surface area contributed by atoms with Gasteiger partial charge in [0, 0.05) is 18.0 Å². The number of ketones is 1. The number of Topliss-reactive ketones (excluding diaryl/α,β-unsaturated/α-hetero) is 1. The molecule has 0 spiro atoms. The van der Waals surface area contributed by atoms with E-state index in [1.54, 1.807) is 6.92 Å². The summed E-state index contributed by atoms with van der Waals surface area (Å²) in [6, 6.07) is 8.28. The van der Waals surface area contributed by atoms with Gasteiger partial charge in [0.1, 0.15) is 11.5 Å². The van der Waals surface area contributed by atoms with Gasteiger partial charge in [0.05, 0.1) is 6.61 Å². The Bertz CT molecular complexity index is 425. The highest BCUT2D eigenvalue weighted by Gasteiger charge is 2.26. The van der Waals surface area contributed by atoms with Crippen molar-refractivity contribution in [3.05, 3.63) is 29.8 Å². The van der Waals surface area contributed by atoms with Gasteiger partial charge in [0.2, 0.25) is 0 Å². The third kappa shape index (κ3) is 3.57. The molecule has 1 saturated heterocycles. The third-order valence-corrected chi connectivity index (χ3v) is 3.64. The summed E-state index contributed by atoms with van der Waals surface area (Å²) in [6.45, 7) is 6.49. The van der Waals surface area contributed by atoms with E-state index < -0.39 is 0 Å². The first-order valence-corrected chi connectivity index (χ1v) is 7.17. The van der Waals surface area contributed by atoms with Crippen molar-refractivity contribution in [1.29, 1.82) is 0 Å². The summed E-state index contributed by atoms with van der Waals surface area (Å²) in [4.78, 5) is 14.0. The fourth-order valence-corrected chi connectivity index (χ4v) is 2.80. The van der Waals surface area contributed by atoms with E-state index in [4.69, 9.17) is 4.74 Å². The van der Waals surface area contributed by atoms with Gasteiger partial charge in [-0.3, -0.25) is 9.69 Å². The zero-order chi connectivity index (χ0) is 13.7. The first-order chi connectivity index (χ1) is 9.22. The summed E-state index contributed by atoms with van der Waals surface area (Å²) in [6.07, 6.45) is 3.03. The van der Waals surface area contributed by atoms with Gasteiger partial charge < -0.3 is 4.74 Å². The number of ether oxygens (including phenoxy) is 1. The van der Waals surface area contributed by atoms with Crippen LogP contribution < -0.4 is 4.74 Å². The monoisotopic (exact) mass is 261 g/mol. The lowest BCUT2D eigenvalue weighted by molar-refractivity contribution is -0.118. The van der Waals surface area contributed by atoms with Crippen molar-refractivity contribution in [2.75, 3.05) is 19.7 Å². The molecule has 1 unspecified atom stereocenters. The Balaban J connectivity index is 2.28. The molecule has 0 radical (unpaired) electrons. The average Bonchev–Trinajstić information content (AvgIpc) is 2.91. The van der Waals surface area contributed by atoms with E-state index in [0.29, 0.717) is 13.0 Å². The second-order valence-electron chi connectivity index (χ2n) is 5.14. The van der Waals surface area contributed by atoms with Gasteiger partial charge in [-0.1, -0.05) is 18.2 Å². The van der Waals surface area contributed by atoms with Crippen molar-refractivity contribution in [2.24, 2.45) is 0 Å². The highest BCUT2D eigenvalue weighted by atomic mass is 16.5. The van der Waals surface area contributed by atoms with Crippen LogP contribution in [0.1, 0.15) is 44.7 Å². The molecule has 0 amide bonds. The first kappa shape index (κ1) is 14.1. The number of carbonyl (C=O) groups excluding carboxylic acids is 1. The highest BCUT2D eigenvalue weighted by molar-refractivity contribution is 5.76. The zero-order valence-electron chi connectivity index (χ0n) is 11.9. The Kier molecular flexibility index (Phi) is 4.97. The van der Waals surface area contributed by atoms with E-state index in [-0.39, 0.29) is 11.8 Å². The molecular formula is C16H23NO2. The summed E-state index contributed by atoms with van der Waals surface area (Å²) in [7, 11) is 0. The van der Waals surface area contributed by atoms with Crippen LogP contribution in [0.2, 0.25) is 0 Å². The summed E-state index contributed by atoms with van der Waals surface area (Å²) >= 11 is 0. The maximum atomic E-state index is 11.6. The van der Waals surface area contributed by atoms with Gasteiger partial charge in [0.15, 0.2) is 0 Å². The number of benzene rings is 1. The highest BCUT2D eigenvalue weighted by Crippen LogP contribution is 2.34. The van der Waals surface area contributed by atoms with Gasteiger partial charge in [-0.15, -0.1) is 0 Å². The van der Waals surface area contributed by atoms with E-state index >= 15 is 0 Å². The predicted octanol–water partition coefficient (Wildman–Crippen LogP) is 3.20. The summed E-state index contributed by atoms with van der Waals surface area (Å²) in [5.41, 5.74) is 1.15.